The molecule has 84 valence electrons. The third-order valence-electron chi connectivity index (χ3n) is 2.48. The molecule has 0 unspecified atom stereocenters. The molecule has 16 heavy (non-hydrogen) atoms. The Balaban J connectivity index is 2.59. The molecule has 2 aromatic rings. The van der Waals surface area contributed by atoms with Crippen LogP contribution in [0.3, 0.4) is 0 Å². The van der Waals surface area contributed by atoms with Gasteiger partial charge in [-0.3, -0.25) is 10.2 Å². The van der Waals surface area contributed by atoms with Gasteiger partial charge in [-0.05, 0) is 18.6 Å². The SMILES string of the molecule is Cc1c(Cl)n(NC(=O)CN)c2ccccc12. The summed E-state index contributed by atoms with van der Waals surface area (Å²) >= 11 is 6.15. The molecule has 0 atom stereocenters. The van der Waals surface area contributed by atoms with Crippen LogP contribution in [0.15, 0.2) is 24.3 Å². The average molecular weight is 238 g/mol. The Hall–Kier alpha value is -1.52. The molecular weight excluding hydrogens is 226 g/mol. The van der Waals surface area contributed by atoms with E-state index in [1.54, 1.807) is 4.68 Å². The highest BCUT2D eigenvalue weighted by atomic mass is 35.5. The molecule has 0 radical (unpaired) electrons. The first kappa shape index (κ1) is 11.0. The highest BCUT2D eigenvalue weighted by Crippen LogP contribution is 2.27. The van der Waals surface area contributed by atoms with Crippen LogP contribution in [-0.2, 0) is 4.79 Å². The third kappa shape index (κ3) is 1.66. The number of para-hydroxylation sites is 1. The summed E-state index contributed by atoms with van der Waals surface area (Å²) < 4.78 is 1.56. The number of amides is 1. The highest BCUT2D eigenvalue weighted by Gasteiger charge is 2.12. The van der Waals surface area contributed by atoms with Gasteiger partial charge in [0.05, 0.1) is 12.1 Å². The number of aryl methyl sites for hydroxylation is 1. The third-order valence-corrected chi connectivity index (χ3v) is 2.93. The van der Waals surface area contributed by atoms with Crippen molar-refractivity contribution in [2.24, 2.45) is 5.73 Å². The zero-order chi connectivity index (χ0) is 11.7. The van der Waals surface area contributed by atoms with Gasteiger partial charge in [0.1, 0.15) is 5.15 Å². The summed E-state index contributed by atoms with van der Waals surface area (Å²) in [5.74, 6) is -0.275. The molecule has 0 aliphatic heterocycles. The van der Waals surface area contributed by atoms with Crippen LogP contribution in [0.25, 0.3) is 10.9 Å². The molecule has 0 saturated carbocycles. The molecule has 0 bridgehead atoms. The van der Waals surface area contributed by atoms with Crippen molar-refractivity contribution in [1.82, 2.24) is 4.68 Å². The van der Waals surface area contributed by atoms with Crippen molar-refractivity contribution < 1.29 is 4.79 Å². The molecule has 0 aliphatic rings. The van der Waals surface area contributed by atoms with Crippen molar-refractivity contribution in [1.29, 1.82) is 0 Å². The van der Waals surface area contributed by atoms with Crippen LogP contribution in [0.2, 0.25) is 5.15 Å². The van der Waals surface area contributed by atoms with E-state index in [2.05, 4.69) is 5.43 Å². The van der Waals surface area contributed by atoms with Crippen LogP contribution in [0.4, 0.5) is 0 Å². The topological polar surface area (TPSA) is 60.0 Å². The van der Waals surface area contributed by atoms with E-state index in [1.807, 2.05) is 31.2 Å². The molecule has 1 amide bonds. The van der Waals surface area contributed by atoms with Crippen LogP contribution in [0, 0.1) is 6.92 Å². The fourth-order valence-corrected chi connectivity index (χ4v) is 1.89. The number of carbonyl (C=O) groups excluding carboxylic acids is 1. The smallest absolute Gasteiger partial charge is 0.252 e. The first-order valence-electron chi connectivity index (χ1n) is 4.90. The fourth-order valence-electron chi connectivity index (χ4n) is 1.65. The normalized spacial score (nSPS) is 10.7. The lowest BCUT2D eigenvalue weighted by molar-refractivity contribution is -0.115. The average Bonchev–Trinajstić information content (AvgIpc) is 2.55. The Bertz CT molecular complexity index is 547. The number of hydrogen-bond acceptors (Lipinski definition) is 2. The van der Waals surface area contributed by atoms with Crippen molar-refractivity contribution >= 4 is 28.4 Å². The zero-order valence-corrected chi connectivity index (χ0v) is 9.58. The second-order valence-corrected chi connectivity index (χ2v) is 3.87. The summed E-state index contributed by atoms with van der Waals surface area (Å²) in [6.45, 7) is 1.84. The van der Waals surface area contributed by atoms with Gasteiger partial charge < -0.3 is 5.73 Å². The Morgan fingerprint density at radius 2 is 2.19 bits per heavy atom. The van der Waals surface area contributed by atoms with Gasteiger partial charge in [-0.2, -0.15) is 0 Å². The number of halogens is 1. The number of hydrogen-bond donors (Lipinski definition) is 2. The van der Waals surface area contributed by atoms with Crippen LogP contribution >= 0.6 is 11.6 Å². The Morgan fingerprint density at radius 1 is 1.50 bits per heavy atom. The van der Waals surface area contributed by atoms with E-state index in [4.69, 9.17) is 17.3 Å². The number of carbonyl (C=O) groups is 1. The summed E-state index contributed by atoms with van der Waals surface area (Å²) in [7, 11) is 0. The number of aromatic nitrogens is 1. The lowest BCUT2D eigenvalue weighted by Crippen LogP contribution is -2.29. The Labute approximate surface area is 98.0 Å². The van der Waals surface area contributed by atoms with Gasteiger partial charge in [0.2, 0.25) is 0 Å². The van der Waals surface area contributed by atoms with E-state index in [-0.39, 0.29) is 12.5 Å². The second kappa shape index (κ2) is 4.15. The minimum atomic E-state index is -0.275. The van der Waals surface area contributed by atoms with Gasteiger partial charge in [-0.15, -0.1) is 0 Å². The van der Waals surface area contributed by atoms with E-state index in [0.717, 1.165) is 16.5 Å². The lowest BCUT2D eigenvalue weighted by Gasteiger charge is -2.07. The van der Waals surface area contributed by atoms with Crippen molar-refractivity contribution in [3.8, 4) is 0 Å². The van der Waals surface area contributed by atoms with E-state index in [1.165, 1.54) is 0 Å². The lowest BCUT2D eigenvalue weighted by atomic mass is 10.2. The molecule has 2 rings (SSSR count). The molecule has 0 fully saturated rings. The summed E-state index contributed by atoms with van der Waals surface area (Å²) in [5, 5.41) is 1.52. The van der Waals surface area contributed by atoms with Crippen molar-refractivity contribution in [3.05, 3.63) is 35.0 Å². The van der Waals surface area contributed by atoms with E-state index < -0.39 is 0 Å². The molecule has 1 aromatic heterocycles. The first-order chi connectivity index (χ1) is 7.65. The molecule has 1 heterocycles. The number of nitrogens with one attached hydrogen (secondary N) is 1. The molecule has 1 aromatic carbocycles. The number of nitrogens with two attached hydrogens (primary N) is 1. The minimum absolute atomic E-state index is 0.0676. The monoisotopic (exact) mass is 237 g/mol. The van der Waals surface area contributed by atoms with E-state index in [9.17, 15) is 4.79 Å². The predicted molar refractivity (Wildman–Crippen MR) is 65.1 cm³/mol. The van der Waals surface area contributed by atoms with Crippen molar-refractivity contribution in [2.75, 3.05) is 12.0 Å². The predicted octanol–water partition coefficient (Wildman–Crippen LogP) is 1.63. The van der Waals surface area contributed by atoms with Crippen LogP contribution in [0.1, 0.15) is 5.56 Å². The highest BCUT2D eigenvalue weighted by molar-refractivity contribution is 6.32. The van der Waals surface area contributed by atoms with Crippen molar-refractivity contribution in [2.45, 2.75) is 6.92 Å². The number of fused-ring (bicyclic) bond motifs is 1. The minimum Gasteiger partial charge on any atom is -0.322 e. The summed E-state index contributed by atoms with van der Waals surface area (Å²) in [6.07, 6.45) is 0. The maximum Gasteiger partial charge on any atom is 0.252 e. The fraction of sp³-hybridized carbons (Fsp3) is 0.182. The van der Waals surface area contributed by atoms with Crippen molar-refractivity contribution in [3.63, 3.8) is 0 Å². The van der Waals surface area contributed by atoms with E-state index >= 15 is 0 Å². The Kier molecular flexibility index (Phi) is 2.85. The van der Waals surface area contributed by atoms with Gasteiger partial charge in [-0.1, -0.05) is 29.8 Å². The molecule has 0 aliphatic carbocycles. The number of nitrogens with zero attached hydrogens (tertiary/aromatic N) is 1. The summed E-state index contributed by atoms with van der Waals surface area (Å²) in [4.78, 5) is 11.3. The molecule has 3 N–H and O–H groups in total. The van der Waals surface area contributed by atoms with Gasteiger partial charge >= 0.3 is 0 Å². The largest absolute Gasteiger partial charge is 0.322 e. The van der Waals surface area contributed by atoms with E-state index in [0.29, 0.717) is 5.15 Å². The summed E-state index contributed by atoms with van der Waals surface area (Å²) in [6, 6.07) is 7.68. The molecule has 5 heteroatoms. The summed E-state index contributed by atoms with van der Waals surface area (Å²) in [5.41, 5.74) is 9.70. The van der Waals surface area contributed by atoms with Gasteiger partial charge in [0.15, 0.2) is 0 Å². The molecule has 0 saturated heterocycles. The first-order valence-corrected chi connectivity index (χ1v) is 5.28. The number of benzene rings is 1. The van der Waals surface area contributed by atoms with Crippen LogP contribution < -0.4 is 11.2 Å². The zero-order valence-electron chi connectivity index (χ0n) is 8.83. The standard InChI is InChI=1S/C11H12ClN3O/c1-7-8-4-2-3-5-9(8)15(11(7)12)14-10(16)6-13/h2-5H,6,13H2,1H3,(H,14,16). The van der Waals surface area contributed by atoms with Gasteiger partial charge in [0.25, 0.3) is 5.91 Å². The second-order valence-electron chi connectivity index (χ2n) is 3.51. The maximum absolute atomic E-state index is 11.3. The molecule has 4 nitrogen and oxygen atoms in total. The Morgan fingerprint density at radius 3 is 2.88 bits per heavy atom. The van der Waals surface area contributed by atoms with Gasteiger partial charge in [0, 0.05) is 5.39 Å². The molecule has 0 spiro atoms. The molecular formula is C11H12ClN3O. The quantitative estimate of drug-likeness (QED) is 0.834. The van der Waals surface area contributed by atoms with Crippen LogP contribution in [0.5, 0.6) is 0 Å². The number of rotatable bonds is 2. The maximum atomic E-state index is 11.3. The van der Waals surface area contributed by atoms with Gasteiger partial charge in [-0.25, -0.2) is 4.68 Å². The van der Waals surface area contributed by atoms with Crippen LogP contribution in [-0.4, -0.2) is 17.1 Å².